The maximum atomic E-state index is 12.6. The van der Waals surface area contributed by atoms with Crippen LogP contribution in [0.5, 0.6) is 0 Å². The Balaban J connectivity index is 2.16. The Hall–Kier alpha value is -0.620. The molecule has 0 saturated heterocycles. The van der Waals surface area contributed by atoms with Crippen molar-refractivity contribution < 1.29 is 9.53 Å². The molecule has 1 fully saturated rings. The summed E-state index contributed by atoms with van der Waals surface area (Å²) in [5, 5.41) is 3.40. The number of nitrogens with one attached hydrogen (secondary N) is 1. The first-order valence-corrected chi connectivity index (χ1v) is 8.07. The van der Waals surface area contributed by atoms with E-state index in [1.54, 1.807) is 18.2 Å². The van der Waals surface area contributed by atoms with Crippen molar-refractivity contribution in [2.45, 2.75) is 38.8 Å². The predicted octanol–water partition coefficient (Wildman–Crippen LogP) is 3.57. The van der Waals surface area contributed by atoms with Crippen LogP contribution in [0, 0.1) is 5.41 Å². The van der Waals surface area contributed by atoms with Gasteiger partial charge >= 0.3 is 0 Å². The number of amides is 1. The van der Waals surface area contributed by atoms with E-state index in [0.29, 0.717) is 28.2 Å². The van der Waals surface area contributed by atoms with Crippen LogP contribution >= 0.6 is 27.5 Å². The van der Waals surface area contributed by atoms with Gasteiger partial charge in [-0.15, -0.1) is 0 Å². The summed E-state index contributed by atoms with van der Waals surface area (Å²) in [4.78, 5) is 12.6. The zero-order chi connectivity index (χ0) is 15.8. The molecule has 1 aliphatic carbocycles. The molecule has 2 rings (SSSR count). The fourth-order valence-corrected chi connectivity index (χ4v) is 3.19. The molecule has 4 nitrogen and oxygen atoms in total. The van der Waals surface area contributed by atoms with Crippen LogP contribution in [-0.4, -0.2) is 24.2 Å². The van der Waals surface area contributed by atoms with Gasteiger partial charge < -0.3 is 15.8 Å². The van der Waals surface area contributed by atoms with Crippen LogP contribution in [0.1, 0.15) is 27.2 Å². The number of hydrogen-bond acceptors (Lipinski definition) is 3. The lowest BCUT2D eigenvalue weighted by Gasteiger charge is -2.57. The van der Waals surface area contributed by atoms with E-state index in [1.807, 2.05) is 20.8 Å². The predicted molar refractivity (Wildman–Crippen MR) is 88.5 cm³/mol. The fourth-order valence-electron chi connectivity index (χ4n) is 2.65. The van der Waals surface area contributed by atoms with E-state index in [9.17, 15) is 4.79 Å². The average Bonchev–Trinajstić information content (AvgIpc) is 2.43. The van der Waals surface area contributed by atoms with Crippen molar-refractivity contribution in [3.63, 3.8) is 0 Å². The Morgan fingerprint density at radius 1 is 1.57 bits per heavy atom. The van der Waals surface area contributed by atoms with Gasteiger partial charge in [-0.2, -0.15) is 0 Å². The van der Waals surface area contributed by atoms with Crippen molar-refractivity contribution in [3.05, 3.63) is 27.7 Å². The van der Waals surface area contributed by atoms with Crippen LogP contribution in [0.25, 0.3) is 0 Å². The highest BCUT2D eigenvalue weighted by atomic mass is 79.9. The molecule has 1 aromatic carbocycles. The molecule has 2 atom stereocenters. The lowest BCUT2D eigenvalue weighted by atomic mass is 9.54. The summed E-state index contributed by atoms with van der Waals surface area (Å²) < 4.78 is 6.30. The molecule has 116 valence electrons. The molecule has 0 heterocycles. The van der Waals surface area contributed by atoms with Crippen LogP contribution < -0.4 is 11.1 Å². The molecule has 0 aliphatic heterocycles. The van der Waals surface area contributed by atoms with Crippen LogP contribution in [0.15, 0.2) is 22.7 Å². The molecule has 1 amide bonds. The lowest BCUT2D eigenvalue weighted by Crippen LogP contribution is -2.74. The Kier molecular flexibility index (Phi) is 4.69. The molecule has 2 unspecified atom stereocenters. The lowest BCUT2D eigenvalue weighted by molar-refractivity contribution is -0.166. The quantitative estimate of drug-likeness (QED) is 0.845. The van der Waals surface area contributed by atoms with Gasteiger partial charge in [-0.1, -0.05) is 31.5 Å². The first-order valence-electron chi connectivity index (χ1n) is 6.90. The SMILES string of the molecule is CCOC1CC(N)(C(=O)Nc2cccc(Cl)c2Br)C1(C)C. The summed E-state index contributed by atoms with van der Waals surface area (Å²) in [6, 6.07) is 5.31. The third-order valence-corrected chi connectivity index (χ3v) is 5.83. The number of anilines is 1. The largest absolute Gasteiger partial charge is 0.378 e. The van der Waals surface area contributed by atoms with Crippen molar-refractivity contribution >= 4 is 39.1 Å². The zero-order valence-electron chi connectivity index (χ0n) is 12.4. The third-order valence-electron chi connectivity index (χ3n) is 4.43. The number of carbonyl (C=O) groups is 1. The van der Waals surface area contributed by atoms with Crippen molar-refractivity contribution in [2.24, 2.45) is 11.1 Å². The Morgan fingerprint density at radius 2 is 2.24 bits per heavy atom. The number of carbonyl (C=O) groups excluding carboxylic acids is 1. The first kappa shape index (κ1) is 16.7. The first-order chi connectivity index (χ1) is 9.74. The maximum Gasteiger partial charge on any atom is 0.245 e. The van der Waals surface area contributed by atoms with E-state index in [4.69, 9.17) is 22.1 Å². The number of halogens is 2. The van der Waals surface area contributed by atoms with Gasteiger partial charge in [-0.25, -0.2) is 0 Å². The molecule has 1 saturated carbocycles. The summed E-state index contributed by atoms with van der Waals surface area (Å²) in [7, 11) is 0. The fraction of sp³-hybridized carbons (Fsp3) is 0.533. The monoisotopic (exact) mass is 374 g/mol. The van der Waals surface area contributed by atoms with E-state index in [-0.39, 0.29) is 12.0 Å². The number of benzene rings is 1. The summed E-state index contributed by atoms with van der Waals surface area (Å²) in [6.45, 7) is 6.48. The minimum Gasteiger partial charge on any atom is -0.378 e. The summed E-state index contributed by atoms with van der Waals surface area (Å²) >= 11 is 9.40. The highest BCUT2D eigenvalue weighted by Crippen LogP contribution is 2.50. The molecule has 0 radical (unpaired) electrons. The van der Waals surface area contributed by atoms with E-state index >= 15 is 0 Å². The Bertz CT molecular complexity index is 565. The number of hydrogen-bond donors (Lipinski definition) is 2. The molecule has 1 aliphatic rings. The average molecular weight is 376 g/mol. The smallest absolute Gasteiger partial charge is 0.245 e. The van der Waals surface area contributed by atoms with Gasteiger partial charge in [-0.05, 0) is 35.0 Å². The van der Waals surface area contributed by atoms with E-state index in [1.165, 1.54) is 0 Å². The summed E-state index contributed by atoms with van der Waals surface area (Å²) in [5.74, 6) is -0.216. The number of nitrogens with two attached hydrogens (primary N) is 1. The zero-order valence-corrected chi connectivity index (χ0v) is 14.7. The normalized spacial score (nSPS) is 27.0. The van der Waals surface area contributed by atoms with Crippen molar-refractivity contribution in [2.75, 3.05) is 11.9 Å². The maximum absolute atomic E-state index is 12.6. The molecule has 0 spiro atoms. The Labute approximate surface area is 138 Å². The van der Waals surface area contributed by atoms with Crippen molar-refractivity contribution in [3.8, 4) is 0 Å². The highest BCUT2D eigenvalue weighted by molar-refractivity contribution is 9.10. The molecule has 3 N–H and O–H groups in total. The van der Waals surface area contributed by atoms with Gasteiger partial charge in [0, 0.05) is 18.4 Å². The molecular formula is C15H20BrClN2O2. The second-order valence-electron chi connectivity index (χ2n) is 5.90. The minimum absolute atomic E-state index is 0.000974. The molecule has 6 heteroatoms. The van der Waals surface area contributed by atoms with Gasteiger partial charge in [0.1, 0.15) is 5.54 Å². The molecule has 0 aromatic heterocycles. The van der Waals surface area contributed by atoms with E-state index < -0.39 is 11.0 Å². The third kappa shape index (κ3) is 2.72. The van der Waals surface area contributed by atoms with E-state index in [2.05, 4.69) is 21.2 Å². The molecule has 21 heavy (non-hydrogen) atoms. The second kappa shape index (κ2) is 5.88. The van der Waals surface area contributed by atoms with Gasteiger partial charge in [0.05, 0.1) is 21.3 Å². The molecule has 0 bridgehead atoms. The van der Waals surface area contributed by atoms with Gasteiger partial charge in [0.25, 0.3) is 0 Å². The Morgan fingerprint density at radius 3 is 2.81 bits per heavy atom. The standard InChI is InChI=1S/C15H20BrClN2O2/c1-4-21-11-8-15(18,14(11,2)3)13(20)19-10-7-5-6-9(17)12(10)16/h5-7,11H,4,8,18H2,1-3H3,(H,19,20). The van der Waals surface area contributed by atoms with Gasteiger partial charge in [0.15, 0.2) is 0 Å². The van der Waals surface area contributed by atoms with Crippen LogP contribution in [0.2, 0.25) is 5.02 Å². The topological polar surface area (TPSA) is 64.3 Å². The minimum atomic E-state index is -0.950. The van der Waals surface area contributed by atoms with E-state index in [0.717, 1.165) is 0 Å². The van der Waals surface area contributed by atoms with Crippen LogP contribution in [0.4, 0.5) is 5.69 Å². The molecular weight excluding hydrogens is 356 g/mol. The van der Waals surface area contributed by atoms with Crippen molar-refractivity contribution in [1.82, 2.24) is 0 Å². The highest BCUT2D eigenvalue weighted by Gasteiger charge is 2.62. The van der Waals surface area contributed by atoms with Crippen molar-refractivity contribution in [1.29, 1.82) is 0 Å². The summed E-state index contributed by atoms with van der Waals surface area (Å²) in [5.41, 5.74) is 5.59. The summed E-state index contributed by atoms with van der Waals surface area (Å²) in [6.07, 6.45) is 0.513. The number of rotatable bonds is 4. The van der Waals surface area contributed by atoms with Gasteiger partial charge in [0.2, 0.25) is 5.91 Å². The van der Waals surface area contributed by atoms with Crippen LogP contribution in [-0.2, 0) is 9.53 Å². The second-order valence-corrected chi connectivity index (χ2v) is 7.10. The van der Waals surface area contributed by atoms with Gasteiger partial charge in [-0.3, -0.25) is 4.79 Å². The van der Waals surface area contributed by atoms with Crippen LogP contribution in [0.3, 0.4) is 0 Å². The number of ether oxygens (including phenoxy) is 1. The molecule has 1 aromatic rings.